The second-order valence-corrected chi connectivity index (χ2v) is 13.9. The summed E-state index contributed by atoms with van der Waals surface area (Å²) in [5.74, 6) is 0.224. The number of hydrogen-bond donors (Lipinski definition) is 1. The average Bonchev–Trinajstić information content (AvgIpc) is 3.40. The number of rotatable bonds is 13. The van der Waals surface area contributed by atoms with Crippen LogP contribution in [0.3, 0.4) is 0 Å². The number of fused-ring (bicyclic) bond motifs is 1. The number of anilines is 1. The average molecular weight is 684 g/mol. The Morgan fingerprint density at radius 2 is 1.59 bits per heavy atom. The Morgan fingerprint density at radius 3 is 2.29 bits per heavy atom. The van der Waals surface area contributed by atoms with Crippen molar-refractivity contribution in [3.63, 3.8) is 0 Å². The van der Waals surface area contributed by atoms with Crippen molar-refractivity contribution in [3.8, 4) is 11.5 Å². The molecule has 0 saturated carbocycles. The maximum Gasteiger partial charge on any atom is 0.264 e. The molecule has 2 amide bonds. The molecule has 11 nitrogen and oxygen atoms in total. The number of hydrogen-bond acceptors (Lipinski definition) is 9. The van der Waals surface area contributed by atoms with E-state index in [1.165, 1.54) is 43.1 Å². The minimum absolute atomic E-state index is 0.0645. The quantitative estimate of drug-likeness (QED) is 0.152. The van der Waals surface area contributed by atoms with Gasteiger partial charge in [0.1, 0.15) is 4.90 Å². The van der Waals surface area contributed by atoms with Gasteiger partial charge in [-0.1, -0.05) is 42.5 Å². The largest absolute Gasteiger partial charge is 0.493 e. The molecule has 2 atom stereocenters. The van der Waals surface area contributed by atoms with Crippen molar-refractivity contribution in [2.45, 2.75) is 36.7 Å². The Kier molecular flexibility index (Phi) is 10.3. The van der Waals surface area contributed by atoms with Crippen molar-refractivity contribution in [2.75, 3.05) is 51.8 Å². The van der Waals surface area contributed by atoms with E-state index in [0.29, 0.717) is 54.1 Å². The summed E-state index contributed by atoms with van der Waals surface area (Å²) in [5.41, 5.74) is 3.46. The second-order valence-electron chi connectivity index (χ2n) is 12.1. The van der Waals surface area contributed by atoms with Gasteiger partial charge in [-0.2, -0.15) is 0 Å². The van der Waals surface area contributed by atoms with Crippen LogP contribution < -0.4 is 19.1 Å². The Hall–Kier alpha value is -4.78. The van der Waals surface area contributed by atoms with Gasteiger partial charge < -0.3 is 14.4 Å². The number of aromatic nitrogens is 1. The van der Waals surface area contributed by atoms with Gasteiger partial charge in [-0.3, -0.25) is 24.4 Å². The number of nitrogens with zero attached hydrogens (tertiary/aromatic N) is 4. The number of imide groups is 1. The molecule has 3 aromatic carbocycles. The SMILES string of the molecule is COc1ccc(C(CCCNS(=O)(=O)c2cccnc2)N2C(=O)c3cccc(N4CCN(C(C)c5ccccc5)CC4)c3C2=O)cc1OC. The smallest absolute Gasteiger partial charge is 0.264 e. The molecule has 1 aromatic heterocycles. The van der Waals surface area contributed by atoms with Crippen LogP contribution in [0.4, 0.5) is 5.69 Å². The third kappa shape index (κ3) is 7.03. The number of ether oxygens (including phenoxy) is 2. The predicted octanol–water partition coefficient (Wildman–Crippen LogP) is 5.08. The highest BCUT2D eigenvalue weighted by Crippen LogP contribution is 2.40. The minimum Gasteiger partial charge on any atom is -0.493 e. The summed E-state index contributed by atoms with van der Waals surface area (Å²) in [6.45, 7) is 5.37. The van der Waals surface area contributed by atoms with Crippen molar-refractivity contribution in [3.05, 3.63) is 114 Å². The van der Waals surface area contributed by atoms with Gasteiger partial charge >= 0.3 is 0 Å². The zero-order valence-corrected chi connectivity index (χ0v) is 28.7. The van der Waals surface area contributed by atoms with E-state index in [2.05, 4.69) is 50.7 Å². The molecule has 12 heteroatoms. The van der Waals surface area contributed by atoms with Crippen LogP contribution in [0.2, 0.25) is 0 Å². The van der Waals surface area contributed by atoms with Crippen molar-refractivity contribution in [1.82, 2.24) is 19.5 Å². The molecule has 6 rings (SSSR count). The lowest BCUT2D eigenvalue weighted by Crippen LogP contribution is -2.47. The van der Waals surface area contributed by atoms with Gasteiger partial charge in [0, 0.05) is 51.2 Å². The van der Waals surface area contributed by atoms with Gasteiger partial charge in [0.15, 0.2) is 11.5 Å². The summed E-state index contributed by atoms with van der Waals surface area (Å²) in [7, 11) is -0.710. The van der Waals surface area contributed by atoms with E-state index in [4.69, 9.17) is 9.47 Å². The molecule has 0 bridgehead atoms. The van der Waals surface area contributed by atoms with E-state index in [1.54, 1.807) is 24.3 Å². The number of methoxy groups -OCH3 is 2. The summed E-state index contributed by atoms with van der Waals surface area (Å²) < 4.78 is 39.2. The molecule has 1 N–H and O–H groups in total. The molecular weight excluding hydrogens is 643 g/mol. The Bertz CT molecular complexity index is 1900. The first kappa shape index (κ1) is 34.1. The maximum absolute atomic E-state index is 14.4. The first-order valence-corrected chi connectivity index (χ1v) is 17.9. The molecule has 0 spiro atoms. The molecule has 0 aliphatic carbocycles. The summed E-state index contributed by atoms with van der Waals surface area (Å²) >= 11 is 0. The normalized spacial score (nSPS) is 16.4. The molecule has 1 fully saturated rings. The fourth-order valence-corrected chi connectivity index (χ4v) is 7.76. The first-order valence-electron chi connectivity index (χ1n) is 16.4. The predicted molar refractivity (Wildman–Crippen MR) is 187 cm³/mol. The highest BCUT2D eigenvalue weighted by molar-refractivity contribution is 7.89. The van der Waals surface area contributed by atoms with Crippen LogP contribution in [0.5, 0.6) is 11.5 Å². The monoisotopic (exact) mass is 683 g/mol. The van der Waals surface area contributed by atoms with Crippen molar-refractivity contribution < 1.29 is 27.5 Å². The van der Waals surface area contributed by atoms with Gasteiger partial charge in [0.25, 0.3) is 11.8 Å². The lowest BCUT2D eigenvalue weighted by Gasteiger charge is -2.39. The number of benzene rings is 3. The molecule has 2 aliphatic heterocycles. The van der Waals surface area contributed by atoms with E-state index in [9.17, 15) is 18.0 Å². The molecule has 3 heterocycles. The molecule has 1 saturated heterocycles. The van der Waals surface area contributed by atoms with Crippen molar-refractivity contribution in [1.29, 1.82) is 0 Å². The van der Waals surface area contributed by atoms with Crippen LogP contribution in [0.15, 0.2) is 96.2 Å². The molecular formula is C37H41N5O6S. The Balaban J connectivity index is 1.23. The van der Waals surface area contributed by atoms with Crippen LogP contribution >= 0.6 is 0 Å². The van der Waals surface area contributed by atoms with Crippen LogP contribution in [0, 0.1) is 0 Å². The fourth-order valence-electron chi connectivity index (χ4n) is 6.72. The number of pyridine rings is 1. The van der Waals surface area contributed by atoms with Gasteiger partial charge in [0.2, 0.25) is 10.0 Å². The van der Waals surface area contributed by atoms with Crippen LogP contribution in [-0.4, -0.2) is 82.0 Å². The summed E-state index contributed by atoms with van der Waals surface area (Å²) in [4.78, 5) is 38.4. The van der Waals surface area contributed by atoms with E-state index in [0.717, 1.165) is 18.8 Å². The zero-order valence-electron chi connectivity index (χ0n) is 27.9. The molecule has 2 unspecified atom stereocenters. The topological polar surface area (TPSA) is 121 Å². The van der Waals surface area contributed by atoms with Crippen molar-refractivity contribution >= 4 is 27.5 Å². The molecule has 4 aromatic rings. The number of sulfonamides is 1. The molecule has 256 valence electrons. The summed E-state index contributed by atoms with van der Waals surface area (Å²) in [6, 6.07) is 23.8. The van der Waals surface area contributed by atoms with Gasteiger partial charge in [-0.25, -0.2) is 13.1 Å². The Morgan fingerprint density at radius 1 is 0.837 bits per heavy atom. The zero-order chi connectivity index (χ0) is 34.5. The van der Waals surface area contributed by atoms with Crippen molar-refractivity contribution in [2.24, 2.45) is 0 Å². The standard InChI is InChI=1S/C37H41N5O6S/c1-26(27-10-5-4-6-11-27)40-20-22-41(23-21-40)32-14-7-13-30-35(32)37(44)42(36(30)43)31(28-16-17-33(47-2)34(24-28)48-3)15-9-19-39-49(45,46)29-12-8-18-38-25-29/h4-8,10-14,16-18,24-26,31,39H,9,15,19-23H2,1-3H3. The van der Waals surface area contributed by atoms with E-state index in [1.807, 2.05) is 24.3 Å². The number of carbonyl (C=O) groups is 2. The Labute approximate surface area is 287 Å². The van der Waals surface area contributed by atoms with Gasteiger partial charge in [-0.15, -0.1) is 0 Å². The van der Waals surface area contributed by atoms with Crippen LogP contribution in [-0.2, 0) is 10.0 Å². The molecule has 49 heavy (non-hydrogen) atoms. The molecule has 2 aliphatic rings. The maximum atomic E-state index is 14.4. The second kappa shape index (κ2) is 14.8. The minimum atomic E-state index is -3.78. The summed E-state index contributed by atoms with van der Waals surface area (Å²) in [6.07, 6.45) is 3.45. The van der Waals surface area contributed by atoms with E-state index < -0.39 is 16.1 Å². The van der Waals surface area contributed by atoms with Gasteiger partial charge in [-0.05, 0) is 67.3 Å². The summed E-state index contributed by atoms with van der Waals surface area (Å²) in [5, 5.41) is 0. The molecule has 0 radical (unpaired) electrons. The first-order chi connectivity index (χ1) is 23.7. The number of nitrogens with one attached hydrogen (secondary N) is 1. The third-order valence-electron chi connectivity index (χ3n) is 9.40. The highest BCUT2D eigenvalue weighted by Gasteiger charge is 2.43. The third-order valence-corrected chi connectivity index (χ3v) is 10.9. The fraction of sp³-hybridized carbons (Fsp3) is 0.324. The highest BCUT2D eigenvalue weighted by atomic mass is 32.2. The van der Waals surface area contributed by atoms with E-state index >= 15 is 0 Å². The lowest BCUT2D eigenvalue weighted by atomic mass is 9.99. The van der Waals surface area contributed by atoms with Crippen LogP contribution in [0.25, 0.3) is 0 Å². The number of amides is 2. The van der Waals surface area contributed by atoms with Crippen LogP contribution in [0.1, 0.15) is 63.7 Å². The number of carbonyl (C=O) groups excluding carboxylic acids is 2. The van der Waals surface area contributed by atoms with Gasteiger partial charge in [0.05, 0.1) is 37.1 Å². The number of piperazine rings is 1. The van der Waals surface area contributed by atoms with E-state index in [-0.39, 0.29) is 29.3 Å². The lowest BCUT2D eigenvalue weighted by molar-refractivity contribution is 0.0572.